The van der Waals surface area contributed by atoms with E-state index in [1.165, 1.54) is 7.11 Å². The lowest BCUT2D eigenvalue weighted by Gasteiger charge is -2.24. The predicted molar refractivity (Wildman–Crippen MR) is 105 cm³/mol. The fourth-order valence-electron chi connectivity index (χ4n) is 2.72. The molecule has 0 aliphatic rings. The van der Waals surface area contributed by atoms with Crippen LogP contribution < -0.4 is 14.2 Å². The van der Waals surface area contributed by atoms with Crippen molar-refractivity contribution >= 4 is 10.0 Å². The van der Waals surface area contributed by atoms with Crippen LogP contribution in [-0.4, -0.2) is 39.9 Å². The Morgan fingerprint density at radius 1 is 1.04 bits per heavy atom. The van der Waals surface area contributed by atoms with E-state index in [1.54, 1.807) is 38.3 Å². The highest BCUT2D eigenvalue weighted by Gasteiger charge is 2.26. The van der Waals surface area contributed by atoms with Gasteiger partial charge in [0.25, 0.3) is 0 Å². The minimum Gasteiger partial charge on any atom is -0.497 e. The molecule has 0 aliphatic heterocycles. The monoisotopic (exact) mass is 393 g/mol. The van der Waals surface area contributed by atoms with Crippen molar-refractivity contribution in [3.63, 3.8) is 0 Å². The van der Waals surface area contributed by atoms with E-state index in [0.717, 1.165) is 16.9 Å². The number of nitrogens with one attached hydrogen (secondary N) is 1. The highest BCUT2D eigenvalue weighted by Crippen LogP contribution is 2.25. The maximum atomic E-state index is 12.7. The standard InChI is InChI=1S/C20H27NO5S/c1-5-15-8-11-18(26-4)19(12-15)27(23,24)21-14-20(2,22)13-16-6-9-17(25-3)10-7-16/h6-12,21-22H,5,13-14H2,1-4H3. The highest BCUT2D eigenvalue weighted by atomic mass is 32.2. The van der Waals surface area contributed by atoms with E-state index in [4.69, 9.17) is 9.47 Å². The maximum absolute atomic E-state index is 12.7. The van der Waals surface area contributed by atoms with Crippen LogP contribution in [0.2, 0.25) is 0 Å². The number of benzene rings is 2. The molecule has 0 heterocycles. The first-order valence-electron chi connectivity index (χ1n) is 8.72. The van der Waals surface area contributed by atoms with Crippen LogP contribution in [-0.2, 0) is 22.9 Å². The molecule has 6 nitrogen and oxygen atoms in total. The molecular weight excluding hydrogens is 366 g/mol. The molecule has 0 radical (unpaired) electrons. The number of rotatable bonds is 9. The third-order valence-electron chi connectivity index (χ3n) is 4.31. The van der Waals surface area contributed by atoms with Crippen LogP contribution in [0.15, 0.2) is 47.4 Å². The Balaban J connectivity index is 2.13. The summed E-state index contributed by atoms with van der Waals surface area (Å²) in [6.07, 6.45) is 1.01. The largest absolute Gasteiger partial charge is 0.497 e. The van der Waals surface area contributed by atoms with Crippen LogP contribution in [0, 0.1) is 0 Å². The molecule has 0 fully saturated rings. The number of sulfonamides is 1. The fraction of sp³-hybridized carbons (Fsp3) is 0.400. The lowest BCUT2D eigenvalue weighted by Crippen LogP contribution is -2.42. The van der Waals surface area contributed by atoms with Gasteiger partial charge >= 0.3 is 0 Å². The van der Waals surface area contributed by atoms with Crippen molar-refractivity contribution in [2.24, 2.45) is 0 Å². The van der Waals surface area contributed by atoms with Crippen molar-refractivity contribution in [2.45, 2.75) is 37.2 Å². The summed E-state index contributed by atoms with van der Waals surface area (Å²) >= 11 is 0. The van der Waals surface area contributed by atoms with E-state index in [0.29, 0.717) is 12.8 Å². The smallest absolute Gasteiger partial charge is 0.244 e. The molecule has 2 rings (SSSR count). The normalized spacial score (nSPS) is 13.8. The summed E-state index contributed by atoms with van der Waals surface area (Å²) in [6.45, 7) is 3.42. The Morgan fingerprint density at radius 3 is 2.22 bits per heavy atom. The fourth-order valence-corrected chi connectivity index (χ4v) is 4.10. The first-order valence-corrected chi connectivity index (χ1v) is 10.2. The SMILES string of the molecule is CCc1ccc(OC)c(S(=O)(=O)NCC(C)(O)Cc2ccc(OC)cc2)c1. The quantitative estimate of drug-likeness (QED) is 0.684. The Hall–Kier alpha value is -2.09. The van der Waals surface area contributed by atoms with Crippen molar-refractivity contribution in [3.8, 4) is 11.5 Å². The number of aryl methyl sites for hydroxylation is 1. The van der Waals surface area contributed by atoms with Gasteiger partial charge in [0.15, 0.2) is 0 Å². The first-order chi connectivity index (χ1) is 12.7. The molecule has 2 aromatic rings. The number of ether oxygens (including phenoxy) is 2. The second-order valence-corrected chi connectivity index (χ2v) is 8.42. The number of hydrogen-bond acceptors (Lipinski definition) is 5. The van der Waals surface area contributed by atoms with Crippen LogP contribution in [0.1, 0.15) is 25.0 Å². The van der Waals surface area contributed by atoms with E-state index >= 15 is 0 Å². The Labute approximate surface area is 161 Å². The summed E-state index contributed by atoms with van der Waals surface area (Å²) in [7, 11) is -0.811. The predicted octanol–water partition coefficient (Wildman–Crippen LogP) is 2.54. The summed E-state index contributed by atoms with van der Waals surface area (Å²) in [5, 5.41) is 10.6. The number of hydrogen-bond donors (Lipinski definition) is 2. The zero-order valence-electron chi connectivity index (χ0n) is 16.2. The Morgan fingerprint density at radius 2 is 1.67 bits per heavy atom. The van der Waals surface area contributed by atoms with Crippen LogP contribution in [0.3, 0.4) is 0 Å². The van der Waals surface area contributed by atoms with Crippen molar-refractivity contribution in [3.05, 3.63) is 53.6 Å². The molecular formula is C20H27NO5S. The van der Waals surface area contributed by atoms with Crippen molar-refractivity contribution in [1.29, 1.82) is 0 Å². The molecule has 1 unspecified atom stereocenters. The van der Waals surface area contributed by atoms with Gasteiger partial charge in [-0.2, -0.15) is 0 Å². The van der Waals surface area contributed by atoms with Crippen molar-refractivity contribution < 1.29 is 23.0 Å². The van der Waals surface area contributed by atoms with Crippen LogP contribution in [0.4, 0.5) is 0 Å². The van der Waals surface area contributed by atoms with Crippen LogP contribution in [0.5, 0.6) is 11.5 Å². The Bertz CT molecular complexity index is 860. The maximum Gasteiger partial charge on any atom is 0.244 e. The van der Waals surface area contributed by atoms with Gasteiger partial charge in [-0.05, 0) is 48.7 Å². The average Bonchev–Trinajstić information content (AvgIpc) is 2.66. The minimum absolute atomic E-state index is 0.0737. The molecule has 0 amide bonds. The summed E-state index contributed by atoms with van der Waals surface area (Å²) < 4.78 is 38.3. The first kappa shape index (κ1) is 21.2. The van der Waals surface area contributed by atoms with E-state index < -0.39 is 15.6 Å². The topological polar surface area (TPSA) is 84.9 Å². The van der Waals surface area contributed by atoms with Gasteiger partial charge < -0.3 is 14.6 Å². The van der Waals surface area contributed by atoms with E-state index in [9.17, 15) is 13.5 Å². The summed E-state index contributed by atoms with van der Waals surface area (Å²) in [5.41, 5.74) is 0.517. The second-order valence-electron chi connectivity index (χ2n) is 6.69. The van der Waals surface area contributed by atoms with Crippen LogP contribution in [0.25, 0.3) is 0 Å². The molecule has 148 valence electrons. The molecule has 0 saturated heterocycles. The van der Waals surface area contributed by atoms with Gasteiger partial charge in [-0.3, -0.25) is 0 Å². The highest BCUT2D eigenvalue weighted by molar-refractivity contribution is 7.89. The molecule has 0 aromatic heterocycles. The lowest BCUT2D eigenvalue weighted by molar-refractivity contribution is 0.0657. The van der Waals surface area contributed by atoms with Gasteiger partial charge in [0, 0.05) is 13.0 Å². The van der Waals surface area contributed by atoms with E-state index in [1.807, 2.05) is 25.1 Å². The average molecular weight is 394 g/mol. The molecule has 1 atom stereocenters. The van der Waals surface area contributed by atoms with Gasteiger partial charge in [0.05, 0.1) is 19.8 Å². The molecule has 0 aliphatic carbocycles. The van der Waals surface area contributed by atoms with E-state index in [-0.39, 0.29) is 17.2 Å². The van der Waals surface area contributed by atoms with Crippen LogP contribution >= 0.6 is 0 Å². The number of methoxy groups -OCH3 is 2. The van der Waals surface area contributed by atoms with Gasteiger partial charge in [0.2, 0.25) is 10.0 Å². The molecule has 2 N–H and O–H groups in total. The third kappa shape index (κ3) is 5.69. The molecule has 2 aromatic carbocycles. The lowest BCUT2D eigenvalue weighted by atomic mass is 9.97. The van der Waals surface area contributed by atoms with Gasteiger partial charge in [-0.15, -0.1) is 0 Å². The number of aliphatic hydroxyl groups is 1. The molecule has 0 bridgehead atoms. The summed E-state index contributed by atoms with van der Waals surface area (Å²) in [6, 6.07) is 12.4. The minimum atomic E-state index is -3.83. The molecule has 0 saturated carbocycles. The summed E-state index contributed by atoms with van der Waals surface area (Å²) in [4.78, 5) is 0.0737. The molecule has 27 heavy (non-hydrogen) atoms. The third-order valence-corrected chi connectivity index (χ3v) is 5.74. The van der Waals surface area contributed by atoms with Gasteiger partial charge in [-0.1, -0.05) is 25.1 Å². The second kappa shape index (κ2) is 8.73. The zero-order chi connectivity index (χ0) is 20.1. The molecule has 7 heteroatoms. The van der Waals surface area contributed by atoms with Gasteiger partial charge in [-0.25, -0.2) is 13.1 Å². The summed E-state index contributed by atoms with van der Waals surface area (Å²) in [5.74, 6) is 0.997. The Kier molecular flexibility index (Phi) is 6.86. The molecule has 0 spiro atoms. The van der Waals surface area contributed by atoms with Crippen molar-refractivity contribution in [2.75, 3.05) is 20.8 Å². The van der Waals surface area contributed by atoms with Crippen molar-refractivity contribution in [1.82, 2.24) is 4.72 Å². The van der Waals surface area contributed by atoms with E-state index in [2.05, 4.69) is 4.72 Å². The zero-order valence-corrected chi connectivity index (χ0v) is 17.0. The van der Waals surface area contributed by atoms with Gasteiger partial charge in [0.1, 0.15) is 16.4 Å².